The average Bonchev–Trinajstić information content (AvgIpc) is 2.63. The molecule has 1 aromatic heterocycles. The van der Waals surface area contributed by atoms with E-state index in [1.165, 1.54) is 22.8 Å². The molecule has 3 rings (SSSR count). The van der Waals surface area contributed by atoms with Crippen molar-refractivity contribution in [1.82, 2.24) is 9.29 Å². The van der Waals surface area contributed by atoms with Gasteiger partial charge < -0.3 is 5.32 Å². The van der Waals surface area contributed by atoms with E-state index in [0.29, 0.717) is 18.8 Å². The van der Waals surface area contributed by atoms with Gasteiger partial charge in [0.2, 0.25) is 10.0 Å². The standard InChI is InChI=1S/C17H18FN3O3S/c18-15-5-4-13(17(22)20-14-6-8-19-9-7-14)12-16(15)25(23,24)21-10-2-1-3-11-21/h4-9,12H,1-3,10-11H2,(H,19,20,22). The van der Waals surface area contributed by atoms with Gasteiger partial charge in [-0.2, -0.15) is 4.31 Å². The van der Waals surface area contributed by atoms with Gasteiger partial charge in [-0.15, -0.1) is 0 Å². The minimum absolute atomic E-state index is 0.0776. The molecule has 0 bridgehead atoms. The Morgan fingerprint density at radius 1 is 1.08 bits per heavy atom. The van der Waals surface area contributed by atoms with E-state index >= 15 is 0 Å². The number of halogens is 1. The van der Waals surface area contributed by atoms with E-state index in [1.54, 1.807) is 12.1 Å². The molecule has 0 saturated carbocycles. The summed E-state index contributed by atoms with van der Waals surface area (Å²) in [4.78, 5) is 15.7. The highest BCUT2D eigenvalue weighted by Gasteiger charge is 2.29. The number of anilines is 1. The van der Waals surface area contributed by atoms with Crippen molar-refractivity contribution in [2.45, 2.75) is 24.2 Å². The van der Waals surface area contributed by atoms with Crippen LogP contribution in [0.15, 0.2) is 47.6 Å². The SMILES string of the molecule is O=C(Nc1ccncc1)c1ccc(F)c(S(=O)(=O)N2CCCCC2)c1. The van der Waals surface area contributed by atoms with Gasteiger partial charge in [-0.25, -0.2) is 12.8 Å². The molecule has 1 fully saturated rings. The maximum absolute atomic E-state index is 14.2. The second-order valence-corrected chi connectivity index (χ2v) is 7.71. The number of amides is 1. The Morgan fingerprint density at radius 3 is 2.44 bits per heavy atom. The number of piperidine rings is 1. The van der Waals surface area contributed by atoms with Gasteiger partial charge in [-0.1, -0.05) is 6.42 Å². The van der Waals surface area contributed by atoms with Gasteiger partial charge in [0.15, 0.2) is 0 Å². The monoisotopic (exact) mass is 363 g/mol. The molecule has 0 aliphatic carbocycles. The quantitative estimate of drug-likeness (QED) is 0.906. The predicted octanol–water partition coefficient (Wildman–Crippen LogP) is 2.65. The van der Waals surface area contributed by atoms with Gasteiger partial charge in [0.05, 0.1) is 0 Å². The van der Waals surface area contributed by atoms with E-state index in [0.717, 1.165) is 31.4 Å². The normalized spacial score (nSPS) is 15.7. The van der Waals surface area contributed by atoms with Crippen LogP contribution in [-0.2, 0) is 10.0 Å². The van der Waals surface area contributed by atoms with Crippen LogP contribution in [0.3, 0.4) is 0 Å². The second kappa shape index (κ2) is 7.28. The van der Waals surface area contributed by atoms with Crippen LogP contribution >= 0.6 is 0 Å². The molecule has 1 aliphatic heterocycles. The van der Waals surface area contributed by atoms with Gasteiger partial charge in [-0.3, -0.25) is 9.78 Å². The molecule has 1 N–H and O–H groups in total. The maximum Gasteiger partial charge on any atom is 0.255 e. The van der Waals surface area contributed by atoms with Crippen molar-refractivity contribution in [3.63, 3.8) is 0 Å². The summed E-state index contributed by atoms with van der Waals surface area (Å²) in [6.07, 6.45) is 5.51. The minimum Gasteiger partial charge on any atom is -0.322 e. The smallest absolute Gasteiger partial charge is 0.255 e. The summed E-state index contributed by atoms with van der Waals surface area (Å²) < 4.78 is 40.8. The first-order chi connectivity index (χ1) is 12.0. The lowest BCUT2D eigenvalue weighted by molar-refractivity contribution is 0.102. The largest absolute Gasteiger partial charge is 0.322 e. The van der Waals surface area contributed by atoms with Crippen LogP contribution in [0.25, 0.3) is 0 Å². The van der Waals surface area contributed by atoms with Crippen molar-refractivity contribution in [2.75, 3.05) is 18.4 Å². The number of sulfonamides is 1. The van der Waals surface area contributed by atoms with Crippen LogP contribution in [0, 0.1) is 5.82 Å². The fraction of sp³-hybridized carbons (Fsp3) is 0.294. The first-order valence-electron chi connectivity index (χ1n) is 7.99. The van der Waals surface area contributed by atoms with Crippen LogP contribution in [-0.4, -0.2) is 36.7 Å². The summed E-state index contributed by atoms with van der Waals surface area (Å²) in [7, 11) is -3.95. The molecule has 25 heavy (non-hydrogen) atoms. The number of benzene rings is 1. The number of rotatable bonds is 4. The van der Waals surface area contributed by atoms with E-state index in [-0.39, 0.29) is 5.56 Å². The molecule has 2 heterocycles. The number of pyridine rings is 1. The molecule has 6 nitrogen and oxygen atoms in total. The number of hydrogen-bond acceptors (Lipinski definition) is 4. The molecule has 0 unspecified atom stereocenters. The fourth-order valence-electron chi connectivity index (χ4n) is 2.73. The van der Waals surface area contributed by atoms with Crippen LogP contribution < -0.4 is 5.32 Å². The third-order valence-corrected chi connectivity index (χ3v) is 5.98. The summed E-state index contributed by atoms with van der Waals surface area (Å²) >= 11 is 0. The lowest BCUT2D eigenvalue weighted by Crippen LogP contribution is -2.36. The maximum atomic E-state index is 14.2. The molecule has 8 heteroatoms. The third kappa shape index (κ3) is 3.85. The van der Waals surface area contributed by atoms with Crippen LogP contribution in [0.1, 0.15) is 29.6 Å². The Morgan fingerprint density at radius 2 is 1.76 bits per heavy atom. The van der Waals surface area contributed by atoms with E-state index in [1.807, 2.05) is 0 Å². The van der Waals surface area contributed by atoms with Gasteiger partial charge in [0.1, 0.15) is 10.7 Å². The minimum atomic E-state index is -3.95. The molecule has 1 aliphatic rings. The fourth-order valence-corrected chi connectivity index (χ4v) is 4.33. The molecule has 0 radical (unpaired) electrons. The molecule has 0 spiro atoms. The Labute approximate surface area is 145 Å². The van der Waals surface area contributed by atoms with Gasteiger partial charge in [0.25, 0.3) is 5.91 Å². The van der Waals surface area contributed by atoms with Crippen molar-refractivity contribution in [2.24, 2.45) is 0 Å². The van der Waals surface area contributed by atoms with E-state index < -0.39 is 26.6 Å². The summed E-state index contributed by atoms with van der Waals surface area (Å²) in [5.41, 5.74) is 0.596. The number of hydrogen-bond donors (Lipinski definition) is 1. The van der Waals surface area contributed by atoms with Crippen molar-refractivity contribution < 1.29 is 17.6 Å². The summed E-state index contributed by atoms with van der Waals surface area (Å²) in [5.74, 6) is -1.37. The molecular weight excluding hydrogens is 345 g/mol. The Balaban J connectivity index is 1.88. The third-order valence-electron chi connectivity index (χ3n) is 4.06. The molecule has 1 amide bonds. The van der Waals surface area contributed by atoms with Crippen molar-refractivity contribution in [1.29, 1.82) is 0 Å². The van der Waals surface area contributed by atoms with E-state index in [2.05, 4.69) is 10.3 Å². The molecule has 0 atom stereocenters. The Bertz CT molecular complexity index is 866. The van der Waals surface area contributed by atoms with E-state index in [9.17, 15) is 17.6 Å². The highest BCUT2D eigenvalue weighted by Crippen LogP contribution is 2.24. The lowest BCUT2D eigenvalue weighted by atomic mass is 10.2. The topological polar surface area (TPSA) is 79.4 Å². The lowest BCUT2D eigenvalue weighted by Gasteiger charge is -2.26. The molecule has 1 saturated heterocycles. The number of nitrogens with zero attached hydrogens (tertiary/aromatic N) is 2. The Hall–Kier alpha value is -2.32. The number of carbonyl (C=O) groups excluding carboxylic acids is 1. The molecule has 2 aromatic rings. The van der Waals surface area contributed by atoms with Crippen molar-refractivity contribution in [3.8, 4) is 0 Å². The Kier molecular flexibility index (Phi) is 5.10. The van der Waals surface area contributed by atoms with Crippen LogP contribution in [0.2, 0.25) is 0 Å². The summed E-state index contributed by atoms with van der Waals surface area (Å²) in [5, 5.41) is 2.63. The van der Waals surface area contributed by atoms with E-state index in [4.69, 9.17) is 0 Å². The van der Waals surface area contributed by atoms with Crippen molar-refractivity contribution in [3.05, 3.63) is 54.1 Å². The van der Waals surface area contributed by atoms with Crippen molar-refractivity contribution >= 4 is 21.6 Å². The zero-order chi connectivity index (χ0) is 17.9. The van der Waals surface area contributed by atoms with Crippen LogP contribution in [0.4, 0.5) is 10.1 Å². The first-order valence-corrected chi connectivity index (χ1v) is 9.43. The second-order valence-electron chi connectivity index (χ2n) is 5.80. The highest BCUT2D eigenvalue weighted by molar-refractivity contribution is 7.89. The average molecular weight is 363 g/mol. The predicted molar refractivity (Wildman–Crippen MR) is 91.2 cm³/mol. The number of aromatic nitrogens is 1. The zero-order valence-corrected chi connectivity index (χ0v) is 14.3. The number of nitrogens with one attached hydrogen (secondary N) is 1. The van der Waals surface area contributed by atoms with Gasteiger partial charge in [-0.05, 0) is 43.2 Å². The highest BCUT2D eigenvalue weighted by atomic mass is 32.2. The first kappa shape index (κ1) is 17.5. The molecular formula is C17H18FN3O3S. The summed E-state index contributed by atoms with van der Waals surface area (Å²) in [6.45, 7) is 0.741. The van der Waals surface area contributed by atoms with Crippen LogP contribution in [0.5, 0.6) is 0 Å². The molecule has 1 aromatic carbocycles. The zero-order valence-electron chi connectivity index (χ0n) is 13.5. The summed E-state index contributed by atoms with van der Waals surface area (Å²) in [6, 6.07) is 6.58. The van der Waals surface area contributed by atoms with Gasteiger partial charge in [0, 0.05) is 36.7 Å². The van der Waals surface area contributed by atoms with Gasteiger partial charge >= 0.3 is 0 Å². The molecule has 132 valence electrons. The number of carbonyl (C=O) groups is 1.